The summed E-state index contributed by atoms with van der Waals surface area (Å²) in [5.41, 5.74) is -0.534. The van der Waals surface area contributed by atoms with E-state index in [0.29, 0.717) is 4.88 Å². The number of carbonyl (C=O) groups is 2. The number of hydrogen-bond donors (Lipinski definition) is 2. The molecule has 2 N–H and O–H groups in total. The Hall–Kier alpha value is -2.28. The molecule has 1 amide bonds. The zero-order valence-corrected chi connectivity index (χ0v) is 10.8. The van der Waals surface area contributed by atoms with Gasteiger partial charge in [-0.2, -0.15) is 0 Å². The number of carbonyl (C=O) groups excluding carboxylic acids is 1. The number of aliphatic carboxylic acids is 1. The molecule has 104 valence electrons. The van der Waals surface area contributed by atoms with Crippen LogP contribution in [0.25, 0.3) is 0 Å². The van der Waals surface area contributed by atoms with Crippen LogP contribution in [0.3, 0.4) is 0 Å². The van der Waals surface area contributed by atoms with E-state index in [1.807, 2.05) is 0 Å². The fourth-order valence-corrected chi connectivity index (χ4v) is 2.37. The zero-order valence-electron chi connectivity index (χ0n) is 9.97. The zero-order chi connectivity index (χ0) is 14.7. The summed E-state index contributed by atoms with van der Waals surface area (Å²) in [6.45, 7) is 0. The van der Waals surface area contributed by atoms with Crippen LogP contribution >= 0.6 is 11.3 Å². The highest BCUT2D eigenvalue weighted by atomic mass is 32.1. The molecule has 7 heteroatoms. The second-order valence-corrected chi connectivity index (χ2v) is 4.84. The predicted octanol–water partition coefficient (Wildman–Crippen LogP) is 2.58. The average molecular weight is 297 g/mol. The predicted molar refractivity (Wildman–Crippen MR) is 68.5 cm³/mol. The van der Waals surface area contributed by atoms with E-state index in [-0.39, 0.29) is 0 Å². The first-order valence-corrected chi connectivity index (χ1v) is 6.39. The van der Waals surface area contributed by atoms with Crippen LogP contribution in [0.5, 0.6) is 0 Å². The van der Waals surface area contributed by atoms with Gasteiger partial charge in [0, 0.05) is 4.88 Å². The molecule has 2 rings (SSSR count). The molecular weight excluding hydrogens is 288 g/mol. The van der Waals surface area contributed by atoms with Crippen LogP contribution < -0.4 is 5.32 Å². The molecule has 0 saturated heterocycles. The molecular formula is C13H9F2NO3S. The lowest BCUT2D eigenvalue weighted by Gasteiger charge is -2.13. The van der Waals surface area contributed by atoms with Gasteiger partial charge in [-0.1, -0.05) is 12.1 Å². The number of rotatable bonds is 4. The number of amides is 1. The summed E-state index contributed by atoms with van der Waals surface area (Å²) in [6, 6.07) is 5.00. The van der Waals surface area contributed by atoms with Crippen LogP contribution in [0.15, 0.2) is 35.7 Å². The van der Waals surface area contributed by atoms with E-state index >= 15 is 0 Å². The van der Waals surface area contributed by atoms with Gasteiger partial charge in [-0.25, -0.2) is 13.6 Å². The maximum Gasteiger partial charge on any atom is 0.331 e. The van der Waals surface area contributed by atoms with Gasteiger partial charge in [0.15, 0.2) is 17.7 Å². The van der Waals surface area contributed by atoms with Crippen molar-refractivity contribution in [3.05, 3.63) is 57.8 Å². The van der Waals surface area contributed by atoms with Gasteiger partial charge in [0.25, 0.3) is 5.91 Å². The van der Waals surface area contributed by atoms with Crippen molar-refractivity contribution in [2.75, 3.05) is 0 Å². The molecule has 1 aromatic carbocycles. The minimum atomic E-state index is -1.31. The summed E-state index contributed by atoms with van der Waals surface area (Å²) in [7, 11) is 0. The number of carboxylic acids is 1. The molecule has 0 aliphatic rings. The first-order valence-electron chi connectivity index (χ1n) is 5.52. The molecule has 0 spiro atoms. The minimum Gasteiger partial charge on any atom is -0.479 e. The Morgan fingerprint density at radius 2 is 1.95 bits per heavy atom. The normalized spacial score (nSPS) is 11.9. The van der Waals surface area contributed by atoms with E-state index in [1.54, 1.807) is 11.4 Å². The van der Waals surface area contributed by atoms with Crippen molar-refractivity contribution in [2.45, 2.75) is 6.04 Å². The van der Waals surface area contributed by atoms with Crippen molar-refractivity contribution in [1.82, 2.24) is 5.32 Å². The lowest BCUT2D eigenvalue weighted by Crippen LogP contribution is -2.33. The molecule has 1 unspecified atom stereocenters. The molecule has 0 aliphatic carbocycles. The molecule has 0 aliphatic heterocycles. The second kappa shape index (κ2) is 5.79. The monoisotopic (exact) mass is 297 g/mol. The molecule has 20 heavy (non-hydrogen) atoms. The third-order valence-corrected chi connectivity index (χ3v) is 3.48. The third-order valence-electron chi connectivity index (χ3n) is 2.55. The minimum absolute atomic E-state index is 0.391. The highest BCUT2D eigenvalue weighted by Gasteiger charge is 2.25. The van der Waals surface area contributed by atoms with Crippen LogP contribution in [-0.4, -0.2) is 17.0 Å². The standard InChI is InChI=1S/C13H9F2NO3S/c14-8-4-1-3-7(10(8)15)12(17)16-11(13(18)19)9-5-2-6-20-9/h1-6,11H,(H,16,17)(H,18,19). The second-order valence-electron chi connectivity index (χ2n) is 3.86. The molecule has 1 heterocycles. The van der Waals surface area contributed by atoms with Gasteiger partial charge in [-0.15, -0.1) is 11.3 Å². The van der Waals surface area contributed by atoms with Crippen molar-refractivity contribution in [3.8, 4) is 0 Å². The third kappa shape index (κ3) is 2.83. The lowest BCUT2D eigenvalue weighted by atomic mass is 10.1. The molecule has 2 aromatic rings. The van der Waals surface area contributed by atoms with E-state index in [1.165, 1.54) is 12.1 Å². The van der Waals surface area contributed by atoms with Crippen molar-refractivity contribution in [1.29, 1.82) is 0 Å². The summed E-state index contributed by atoms with van der Waals surface area (Å²) in [6.07, 6.45) is 0. The Kier molecular flexibility index (Phi) is 4.09. The lowest BCUT2D eigenvalue weighted by molar-refractivity contribution is -0.139. The Morgan fingerprint density at radius 3 is 2.55 bits per heavy atom. The maximum atomic E-state index is 13.5. The average Bonchev–Trinajstić information content (AvgIpc) is 2.92. The molecule has 4 nitrogen and oxygen atoms in total. The topological polar surface area (TPSA) is 66.4 Å². The van der Waals surface area contributed by atoms with Crippen LogP contribution in [0.2, 0.25) is 0 Å². The van der Waals surface area contributed by atoms with Gasteiger partial charge in [0.2, 0.25) is 0 Å². The van der Waals surface area contributed by atoms with Crippen LogP contribution in [0.1, 0.15) is 21.3 Å². The summed E-state index contributed by atoms with van der Waals surface area (Å²) in [5, 5.41) is 12.9. The fraction of sp³-hybridized carbons (Fsp3) is 0.0769. The largest absolute Gasteiger partial charge is 0.479 e. The highest BCUT2D eigenvalue weighted by Crippen LogP contribution is 2.20. The molecule has 0 bridgehead atoms. The number of benzene rings is 1. The van der Waals surface area contributed by atoms with Crippen LogP contribution in [0.4, 0.5) is 8.78 Å². The first-order chi connectivity index (χ1) is 9.50. The highest BCUT2D eigenvalue weighted by molar-refractivity contribution is 7.10. The number of carboxylic acid groups (broad SMARTS) is 1. The van der Waals surface area contributed by atoms with Crippen molar-refractivity contribution >= 4 is 23.2 Å². The number of halogens is 2. The summed E-state index contributed by atoms with van der Waals surface area (Å²) < 4.78 is 26.5. The number of thiophene rings is 1. The fourth-order valence-electron chi connectivity index (χ4n) is 1.60. The maximum absolute atomic E-state index is 13.5. The molecule has 0 saturated carbocycles. The van der Waals surface area contributed by atoms with Gasteiger partial charge in [-0.05, 0) is 23.6 Å². The van der Waals surface area contributed by atoms with Gasteiger partial charge < -0.3 is 10.4 Å². The Balaban J connectivity index is 2.25. The van der Waals surface area contributed by atoms with Crippen molar-refractivity contribution in [3.63, 3.8) is 0 Å². The summed E-state index contributed by atoms with van der Waals surface area (Å²) in [4.78, 5) is 23.4. The number of hydrogen-bond acceptors (Lipinski definition) is 3. The molecule has 0 radical (unpaired) electrons. The van der Waals surface area contributed by atoms with Gasteiger partial charge >= 0.3 is 5.97 Å². The van der Waals surface area contributed by atoms with Crippen LogP contribution in [0, 0.1) is 11.6 Å². The van der Waals surface area contributed by atoms with E-state index in [9.17, 15) is 18.4 Å². The molecule has 1 atom stereocenters. The van der Waals surface area contributed by atoms with E-state index < -0.39 is 35.1 Å². The summed E-state index contributed by atoms with van der Waals surface area (Å²) >= 11 is 1.14. The van der Waals surface area contributed by atoms with E-state index in [0.717, 1.165) is 23.5 Å². The first kappa shape index (κ1) is 14.1. The van der Waals surface area contributed by atoms with E-state index in [2.05, 4.69) is 5.32 Å². The van der Waals surface area contributed by atoms with Crippen molar-refractivity contribution in [2.24, 2.45) is 0 Å². The smallest absolute Gasteiger partial charge is 0.331 e. The van der Waals surface area contributed by atoms with Gasteiger partial charge in [0.05, 0.1) is 5.56 Å². The summed E-state index contributed by atoms with van der Waals surface area (Å²) in [5.74, 6) is -4.73. The molecule has 0 fully saturated rings. The van der Waals surface area contributed by atoms with E-state index in [4.69, 9.17) is 5.11 Å². The molecule has 1 aromatic heterocycles. The quantitative estimate of drug-likeness (QED) is 0.911. The SMILES string of the molecule is O=C(NC(C(=O)O)c1cccs1)c1cccc(F)c1F. The number of nitrogens with one attached hydrogen (secondary N) is 1. The van der Waals surface area contributed by atoms with Gasteiger partial charge in [0.1, 0.15) is 0 Å². The Bertz CT molecular complexity index is 643. The van der Waals surface area contributed by atoms with Crippen LogP contribution in [-0.2, 0) is 4.79 Å². The Morgan fingerprint density at radius 1 is 1.20 bits per heavy atom. The Labute approximate surface area is 116 Å². The van der Waals surface area contributed by atoms with Gasteiger partial charge in [-0.3, -0.25) is 4.79 Å². The van der Waals surface area contributed by atoms with Crippen molar-refractivity contribution < 1.29 is 23.5 Å².